The van der Waals surface area contributed by atoms with Crippen molar-refractivity contribution in [2.75, 3.05) is 26.8 Å². The van der Waals surface area contributed by atoms with E-state index in [9.17, 15) is 9.59 Å². The Labute approximate surface area is 165 Å². The van der Waals surface area contributed by atoms with Gasteiger partial charge < -0.3 is 19.5 Å². The molecular weight excluding hydrogens is 356 g/mol. The molecule has 1 aromatic heterocycles. The lowest BCUT2D eigenvalue weighted by Gasteiger charge is -2.28. The van der Waals surface area contributed by atoms with Gasteiger partial charge in [-0.2, -0.15) is 0 Å². The summed E-state index contributed by atoms with van der Waals surface area (Å²) in [6.07, 6.45) is 4.76. The molecule has 7 nitrogen and oxygen atoms in total. The average molecular weight is 384 g/mol. The molecule has 1 aromatic carbocycles. The van der Waals surface area contributed by atoms with Gasteiger partial charge in [0.25, 0.3) is 0 Å². The van der Waals surface area contributed by atoms with Crippen molar-refractivity contribution in [1.29, 1.82) is 0 Å². The van der Waals surface area contributed by atoms with Gasteiger partial charge >= 0.3 is 0 Å². The van der Waals surface area contributed by atoms with Gasteiger partial charge in [0.2, 0.25) is 11.8 Å². The first-order valence-electron chi connectivity index (χ1n) is 9.70. The molecule has 2 atom stereocenters. The lowest BCUT2D eigenvalue weighted by Crippen LogP contribution is -2.37. The molecule has 1 saturated heterocycles. The van der Waals surface area contributed by atoms with Crippen molar-refractivity contribution in [2.24, 2.45) is 5.92 Å². The second-order valence-corrected chi connectivity index (χ2v) is 7.06. The number of aromatic nitrogens is 2. The number of rotatable bonds is 9. The third-order valence-corrected chi connectivity index (χ3v) is 5.24. The maximum atomic E-state index is 12.9. The molecule has 1 N–H and O–H groups in total. The van der Waals surface area contributed by atoms with Crippen molar-refractivity contribution < 1.29 is 14.3 Å². The van der Waals surface area contributed by atoms with Gasteiger partial charge in [-0.3, -0.25) is 9.59 Å². The van der Waals surface area contributed by atoms with Gasteiger partial charge in [0.05, 0.1) is 18.6 Å². The zero-order valence-corrected chi connectivity index (χ0v) is 16.5. The number of ether oxygens (including phenoxy) is 1. The Morgan fingerprint density at radius 3 is 2.75 bits per heavy atom. The van der Waals surface area contributed by atoms with Crippen LogP contribution in [0, 0.1) is 12.8 Å². The standard InChI is InChI=1S/C21H28N4O3/c1-16-22-10-12-24(16)11-6-9-23-21(27)18-15-19(26)25(13-14-28-2)20(18)17-7-4-3-5-8-17/h3-5,7-8,10,12,18,20H,6,9,11,13-15H2,1-2H3,(H,23,27)/t18-,20+/m1/s1. The van der Waals surface area contributed by atoms with E-state index >= 15 is 0 Å². The monoisotopic (exact) mass is 384 g/mol. The van der Waals surface area contributed by atoms with Gasteiger partial charge in [0.15, 0.2) is 0 Å². The number of imidazole rings is 1. The predicted octanol–water partition coefficient (Wildman–Crippen LogP) is 1.93. The van der Waals surface area contributed by atoms with Crippen molar-refractivity contribution in [3.8, 4) is 0 Å². The summed E-state index contributed by atoms with van der Waals surface area (Å²) in [5.41, 5.74) is 0.985. The molecule has 0 spiro atoms. The normalized spacial score (nSPS) is 19.2. The summed E-state index contributed by atoms with van der Waals surface area (Å²) in [6.45, 7) is 4.27. The summed E-state index contributed by atoms with van der Waals surface area (Å²) in [7, 11) is 1.62. The first-order valence-corrected chi connectivity index (χ1v) is 9.70. The minimum Gasteiger partial charge on any atom is -0.383 e. The van der Waals surface area contributed by atoms with Gasteiger partial charge in [-0.1, -0.05) is 30.3 Å². The predicted molar refractivity (Wildman–Crippen MR) is 105 cm³/mol. The van der Waals surface area contributed by atoms with Crippen LogP contribution in [0.25, 0.3) is 0 Å². The van der Waals surface area contributed by atoms with Crippen LogP contribution in [-0.2, 0) is 20.9 Å². The highest BCUT2D eigenvalue weighted by atomic mass is 16.5. The molecule has 1 aliphatic heterocycles. The molecule has 1 fully saturated rings. The molecule has 0 radical (unpaired) electrons. The quantitative estimate of drug-likeness (QED) is 0.671. The fourth-order valence-corrected chi connectivity index (χ4v) is 3.77. The fraction of sp³-hybridized carbons (Fsp3) is 0.476. The first-order chi connectivity index (χ1) is 13.6. The second-order valence-electron chi connectivity index (χ2n) is 7.06. The number of likely N-dealkylation sites (tertiary alicyclic amines) is 1. The summed E-state index contributed by atoms with van der Waals surface area (Å²) in [5.74, 6) is 0.511. The molecule has 0 unspecified atom stereocenters. The van der Waals surface area contributed by atoms with Gasteiger partial charge in [-0.05, 0) is 18.9 Å². The third-order valence-electron chi connectivity index (χ3n) is 5.24. The summed E-state index contributed by atoms with van der Waals surface area (Å²) >= 11 is 0. The molecule has 0 aliphatic carbocycles. The van der Waals surface area contributed by atoms with E-state index in [1.807, 2.05) is 43.5 Å². The Kier molecular flexibility index (Phi) is 6.81. The molecule has 0 bridgehead atoms. The summed E-state index contributed by atoms with van der Waals surface area (Å²) in [6, 6.07) is 9.52. The molecule has 2 amide bonds. The van der Waals surface area contributed by atoms with Crippen molar-refractivity contribution in [1.82, 2.24) is 19.8 Å². The van der Waals surface area contributed by atoms with Crippen LogP contribution < -0.4 is 5.32 Å². The van der Waals surface area contributed by atoms with Crippen molar-refractivity contribution >= 4 is 11.8 Å². The fourth-order valence-electron chi connectivity index (χ4n) is 3.77. The molecule has 2 aromatic rings. The minimum atomic E-state index is -0.387. The van der Waals surface area contributed by atoms with Gasteiger partial charge in [0.1, 0.15) is 5.82 Å². The van der Waals surface area contributed by atoms with Crippen LogP contribution in [0.3, 0.4) is 0 Å². The number of carbonyl (C=O) groups excluding carboxylic acids is 2. The van der Waals surface area contributed by atoms with Crippen LogP contribution in [0.4, 0.5) is 0 Å². The SMILES string of the molecule is COCCN1C(=O)C[C@@H](C(=O)NCCCn2ccnc2C)[C@@H]1c1ccccc1. The molecule has 1 aliphatic rings. The number of nitrogens with one attached hydrogen (secondary N) is 1. The molecule has 0 saturated carbocycles. The molecule has 28 heavy (non-hydrogen) atoms. The Balaban J connectivity index is 1.63. The number of hydrogen-bond acceptors (Lipinski definition) is 4. The smallest absolute Gasteiger partial charge is 0.226 e. The van der Waals surface area contributed by atoms with E-state index in [0.717, 1.165) is 24.4 Å². The summed E-state index contributed by atoms with van der Waals surface area (Å²) < 4.78 is 7.21. The number of methoxy groups -OCH3 is 1. The van der Waals surface area contributed by atoms with Crippen LogP contribution in [0.5, 0.6) is 0 Å². The van der Waals surface area contributed by atoms with E-state index in [1.54, 1.807) is 18.2 Å². The number of benzene rings is 1. The molecule has 2 heterocycles. The van der Waals surface area contributed by atoms with Gasteiger partial charge in [-0.25, -0.2) is 4.98 Å². The van der Waals surface area contributed by atoms with E-state index in [4.69, 9.17) is 4.74 Å². The van der Waals surface area contributed by atoms with Crippen LogP contribution in [0.15, 0.2) is 42.7 Å². The number of amides is 2. The molecule has 3 rings (SSSR count). The number of hydrogen-bond donors (Lipinski definition) is 1. The largest absolute Gasteiger partial charge is 0.383 e. The number of aryl methyl sites for hydroxylation is 2. The Bertz CT molecular complexity index is 790. The zero-order valence-electron chi connectivity index (χ0n) is 16.5. The van der Waals surface area contributed by atoms with Crippen LogP contribution >= 0.6 is 0 Å². The number of nitrogens with zero attached hydrogens (tertiary/aromatic N) is 3. The Morgan fingerprint density at radius 1 is 1.29 bits per heavy atom. The second kappa shape index (κ2) is 9.50. The maximum absolute atomic E-state index is 12.9. The first kappa shape index (κ1) is 20.1. The average Bonchev–Trinajstić information content (AvgIpc) is 3.26. The van der Waals surface area contributed by atoms with E-state index in [2.05, 4.69) is 14.9 Å². The Hall–Kier alpha value is -2.67. The molecule has 150 valence electrons. The van der Waals surface area contributed by atoms with E-state index in [1.165, 1.54) is 0 Å². The van der Waals surface area contributed by atoms with Gasteiger partial charge in [-0.15, -0.1) is 0 Å². The molecular formula is C21H28N4O3. The summed E-state index contributed by atoms with van der Waals surface area (Å²) in [5, 5.41) is 3.02. The van der Waals surface area contributed by atoms with E-state index in [0.29, 0.717) is 19.7 Å². The van der Waals surface area contributed by atoms with Crippen LogP contribution in [0.1, 0.15) is 30.3 Å². The highest BCUT2D eigenvalue weighted by Gasteiger charge is 2.44. The lowest BCUT2D eigenvalue weighted by atomic mass is 9.92. The highest BCUT2D eigenvalue weighted by Crippen LogP contribution is 2.38. The van der Waals surface area contributed by atoms with Crippen molar-refractivity contribution in [3.05, 3.63) is 54.1 Å². The highest BCUT2D eigenvalue weighted by molar-refractivity contribution is 5.90. The lowest BCUT2D eigenvalue weighted by molar-refractivity contribution is -0.129. The minimum absolute atomic E-state index is 0.0000864. The Morgan fingerprint density at radius 2 is 2.07 bits per heavy atom. The number of carbonyl (C=O) groups is 2. The topological polar surface area (TPSA) is 76.5 Å². The van der Waals surface area contributed by atoms with Gasteiger partial charge in [0, 0.05) is 45.6 Å². The molecule has 7 heteroatoms. The third kappa shape index (κ3) is 4.59. The maximum Gasteiger partial charge on any atom is 0.226 e. The van der Waals surface area contributed by atoms with Crippen LogP contribution in [-0.4, -0.2) is 53.1 Å². The van der Waals surface area contributed by atoms with E-state index < -0.39 is 0 Å². The van der Waals surface area contributed by atoms with Crippen LogP contribution in [0.2, 0.25) is 0 Å². The zero-order chi connectivity index (χ0) is 19.9. The van der Waals surface area contributed by atoms with Crippen molar-refractivity contribution in [3.63, 3.8) is 0 Å². The van der Waals surface area contributed by atoms with Crippen molar-refractivity contribution in [2.45, 2.75) is 32.4 Å². The summed E-state index contributed by atoms with van der Waals surface area (Å²) in [4.78, 5) is 31.4. The van der Waals surface area contributed by atoms with E-state index in [-0.39, 0.29) is 30.2 Å².